The molecule has 2 amide bonds. The van der Waals surface area contributed by atoms with Crippen LogP contribution in [0.25, 0.3) is 0 Å². The first-order chi connectivity index (χ1) is 9.99. The van der Waals surface area contributed by atoms with Crippen LogP contribution in [0, 0.1) is 5.92 Å². The van der Waals surface area contributed by atoms with Crippen molar-refractivity contribution < 1.29 is 24.2 Å². The zero-order valence-corrected chi connectivity index (χ0v) is 13.1. The van der Waals surface area contributed by atoms with Crippen molar-refractivity contribution in [3.05, 3.63) is 0 Å². The van der Waals surface area contributed by atoms with Gasteiger partial charge in [-0.1, -0.05) is 0 Å². The fraction of sp³-hybridized carbons (Fsp3) is 0.769. The van der Waals surface area contributed by atoms with Crippen LogP contribution < -0.4 is 5.32 Å². The van der Waals surface area contributed by atoms with E-state index in [0.29, 0.717) is 31.9 Å². The Morgan fingerprint density at radius 2 is 2.29 bits per heavy atom. The van der Waals surface area contributed by atoms with E-state index in [1.54, 1.807) is 12.0 Å². The Kier molecular flexibility index (Phi) is 7.52. The molecule has 1 fully saturated rings. The van der Waals surface area contributed by atoms with E-state index in [2.05, 4.69) is 5.32 Å². The highest BCUT2D eigenvalue weighted by Gasteiger charge is 2.35. The summed E-state index contributed by atoms with van der Waals surface area (Å²) in [7, 11) is 1.55. The number of aliphatic carboxylic acids is 1. The molecule has 0 aromatic rings. The second-order valence-corrected chi connectivity index (χ2v) is 5.90. The van der Waals surface area contributed by atoms with Gasteiger partial charge in [0.1, 0.15) is 6.04 Å². The van der Waals surface area contributed by atoms with Crippen LogP contribution in [0.1, 0.15) is 12.8 Å². The topological polar surface area (TPSA) is 95.9 Å². The number of ether oxygens (including phenoxy) is 1. The van der Waals surface area contributed by atoms with Gasteiger partial charge < -0.3 is 20.1 Å². The van der Waals surface area contributed by atoms with E-state index in [0.717, 1.165) is 0 Å². The maximum absolute atomic E-state index is 12.1. The van der Waals surface area contributed by atoms with E-state index in [4.69, 9.17) is 9.84 Å². The van der Waals surface area contributed by atoms with Crippen LogP contribution in [0.4, 0.5) is 0 Å². The number of nitrogens with one attached hydrogen (secondary N) is 1. The molecule has 0 bridgehead atoms. The van der Waals surface area contributed by atoms with Gasteiger partial charge in [-0.2, -0.15) is 11.8 Å². The maximum Gasteiger partial charge on any atom is 0.326 e. The summed E-state index contributed by atoms with van der Waals surface area (Å²) in [6, 6.07) is -0.895. The Labute approximate surface area is 128 Å². The average molecular weight is 318 g/mol. The highest BCUT2D eigenvalue weighted by Crippen LogP contribution is 2.18. The van der Waals surface area contributed by atoms with Crippen molar-refractivity contribution >= 4 is 29.5 Å². The van der Waals surface area contributed by atoms with Gasteiger partial charge in [0.05, 0.1) is 12.5 Å². The van der Waals surface area contributed by atoms with E-state index >= 15 is 0 Å². The van der Waals surface area contributed by atoms with Crippen molar-refractivity contribution in [3.63, 3.8) is 0 Å². The number of carbonyl (C=O) groups is 3. The third-order valence-corrected chi connectivity index (χ3v) is 4.02. The summed E-state index contributed by atoms with van der Waals surface area (Å²) < 4.78 is 4.91. The van der Waals surface area contributed by atoms with Gasteiger partial charge in [-0.05, 0) is 18.4 Å². The van der Waals surface area contributed by atoms with Gasteiger partial charge in [-0.25, -0.2) is 4.79 Å². The van der Waals surface area contributed by atoms with Crippen LogP contribution in [0.5, 0.6) is 0 Å². The lowest BCUT2D eigenvalue weighted by Crippen LogP contribution is -2.44. The minimum absolute atomic E-state index is 0.0943. The SMILES string of the molecule is COCCN1CC(C(=O)N[C@@H](CCSC)C(=O)O)CC1=O. The fourth-order valence-electron chi connectivity index (χ4n) is 2.15. The van der Waals surface area contributed by atoms with Crippen LogP contribution >= 0.6 is 11.8 Å². The molecule has 1 rings (SSSR count). The molecule has 21 heavy (non-hydrogen) atoms. The average Bonchev–Trinajstić information content (AvgIpc) is 2.82. The van der Waals surface area contributed by atoms with Gasteiger partial charge in [0.25, 0.3) is 0 Å². The maximum atomic E-state index is 12.1. The monoisotopic (exact) mass is 318 g/mol. The molecule has 0 aliphatic carbocycles. The smallest absolute Gasteiger partial charge is 0.326 e. The summed E-state index contributed by atoms with van der Waals surface area (Å²) in [5.74, 6) is -1.33. The third-order valence-electron chi connectivity index (χ3n) is 3.38. The molecule has 8 heteroatoms. The second-order valence-electron chi connectivity index (χ2n) is 4.91. The number of carboxylic acid groups (broad SMARTS) is 1. The minimum atomic E-state index is -1.04. The molecule has 2 N–H and O–H groups in total. The predicted octanol–water partition coefficient (Wildman–Crippen LogP) is -0.196. The van der Waals surface area contributed by atoms with Gasteiger partial charge in [0.15, 0.2) is 0 Å². The number of thioether (sulfide) groups is 1. The molecular weight excluding hydrogens is 296 g/mol. The number of carbonyl (C=O) groups excluding carboxylic acids is 2. The van der Waals surface area contributed by atoms with Crippen molar-refractivity contribution in [2.45, 2.75) is 18.9 Å². The second kappa shape index (κ2) is 8.89. The number of amides is 2. The van der Waals surface area contributed by atoms with Gasteiger partial charge in [0, 0.05) is 26.6 Å². The molecule has 1 aliphatic rings. The highest BCUT2D eigenvalue weighted by molar-refractivity contribution is 7.98. The molecule has 1 unspecified atom stereocenters. The quantitative estimate of drug-likeness (QED) is 0.611. The van der Waals surface area contributed by atoms with E-state index in [-0.39, 0.29) is 18.2 Å². The zero-order valence-electron chi connectivity index (χ0n) is 12.3. The number of nitrogens with zero attached hydrogens (tertiary/aromatic N) is 1. The molecule has 0 radical (unpaired) electrons. The summed E-state index contributed by atoms with van der Waals surface area (Å²) in [6.07, 6.45) is 2.38. The fourth-order valence-corrected chi connectivity index (χ4v) is 2.62. The molecule has 2 atom stereocenters. The number of likely N-dealkylation sites (tertiary alicyclic amines) is 1. The summed E-state index contributed by atoms with van der Waals surface area (Å²) in [6.45, 7) is 1.20. The number of hydrogen-bond donors (Lipinski definition) is 2. The lowest BCUT2D eigenvalue weighted by Gasteiger charge is -2.18. The molecule has 1 saturated heterocycles. The molecule has 1 aliphatic heterocycles. The lowest BCUT2D eigenvalue weighted by molar-refractivity contribution is -0.142. The first kappa shape index (κ1) is 17.8. The molecule has 0 saturated carbocycles. The van der Waals surface area contributed by atoms with Crippen molar-refractivity contribution in [3.8, 4) is 0 Å². The normalized spacial score (nSPS) is 19.6. The molecule has 7 nitrogen and oxygen atoms in total. The van der Waals surface area contributed by atoms with E-state index < -0.39 is 17.9 Å². The summed E-state index contributed by atoms with van der Waals surface area (Å²) in [5.41, 5.74) is 0. The van der Waals surface area contributed by atoms with Crippen LogP contribution in [-0.2, 0) is 19.1 Å². The van der Waals surface area contributed by atoms with Crippen molar-refractivity contribution in [1.29, 1.82) is 0 Å². The zero-order chi connectivity index (χ0) is 15.8. The number of methoxy groups -OCH3 is 1. The standard InChI is InChI=1S/C13H22N2O5S/c1-20-5-4-15-8-9(7-11(15)16)12(17)14-10(13(18)19)3-6-21-2/h9-10H,3-8H2,1-2H3,(H,14,17)(H,18,19)/t9?,10-/m0/s1. The summed E-state index contributed by atoms with van der Waals surface area (Å²) in [5, 5.41) is 11.6. The number of rotatable bonds is 9. The molecule has 120 valence electrons. The summed E-state index contributed by atoms with van der Waals surface area (Å²) >= 11 is 1.53. The third kappa shape index (κ3) is 5.55. The Morgan fingerprint density at radius 1 is 1.57 bits per heavy atom. The number of carboxylic acids is 1. The first-order valence-corrected chi connectivity index (χ1v) is 8.17. The largest absolute Gasteiger partial charge is 0.480 e. The van der Waals surface area contributed by atoms with Crippen molar-refractivity contribution in [1.82, 2.24) is 10.2 Å². The van der Waals surface area contributed by atoms with Crippen molar-refractivity contribution in [2.24, 2.45) is 5.92 Å². The van der Waals surface area contributed by atoms with Crippen LogP contribution in [0.2, 0.25) is 0 Å². The Morgan fingerprint density at radius 3 is 2.86 bits per heavy atom. The minimum Gasteiger partial charge on any atom is -0.480 e. The van der Waals surface area contributed by atoms with Gasteiger partial charge in [0.2, 0.25) is 11.8 Å². The van der Waals surface area contributed by atoms with Crippen LogP contribution in [0.15, 0.2) is 0 Å². The molecule has 1 heterocycles. The Hall–Kier alpha value is -1.28. The Balaban J connectivity index is 2.51. The Bertz CT molecular complexity index is 391. The number of hydrogen-bond acceptors (Lipinski definition) is 5. The van der Waals surface area contributed by atoms with Crippen molar-refractivity contribution in [2.75, 3.05) is 38.8 Å². The lowest BCUT2D eigenvalue weighted by atomic mass is 10.1. The molecule has 0 aromatic carbocycles. The van der Waals surface area contributed by atoms with Crippen LogP contribution in [0.3, 0.4) is 0 Å². The molecular formula is C13H22N2O5S. The molecule has 0 spiro atoms. The first-order valence-electron chi connectivity index (χ1n) is 6.78. The van der Waals surface area contributed by atoms with E-state index in [1.165, 1.54) is 11.8 Å². The van der Waals surface area contributed by atoms with E-state index in [1.807, 2.05) is 6.26 Å². The van der Waals surface area contributed by atoms with Gasteiger partial charge in [-0.15, -0.1) is 0 Å². The van der Waals surface area contributed by atoms with E-state index in [9.17, 15) is 14.4 Å². The predicted molar refractivity (Wildman–Crippen MR) is 79.1 cm³/mol. The van der Waals surface area contributed by atoms with Gasteiger partial charge >= 0.3 is 5.97 Å². The summed E-state index contributed by atoms with van der Waals surface area (Å²) in [4.78, 5) is 36.5. The van der Waals surface area contributed by atoms with Gasteiger partial charge in [-0.3, -0.25) is 9.59 Å². The molecule has 0 aromatic heterocycles. The highest BCUT2D eigenvalue weighted by atomic mass is 32.2. The van der Waals surface area contributed by atoms with Crippen LogP contribution in [-0.4, -0.2) is 72.6 Å².